The number of aromatic nitrogens is 1. The highest BCUT2D eigenvalue weighted by molar-refractivity contribution is 5.94. The van der Waals surface area contributed by atoms with E-state index in [0.29, 0.717) is 5.56 Å². The molecule has 1 aliphatic carbocycles. The van der Waals surface area contributed by atoms with Crippen LogP contribution < -0.4 is 5.32 Å². The zero-order chi connectivity index (χ0) is 17.5. The summed E-state index contributed by atoms with van der Waals surface area (Å²) in [6.07, 6.45) is 10.7. The van der Waals surface area contributed by atoms with Crippen LogP contribution in [-0.2, 0) is 0 Å². The molecule has 2 heterocycles. The first-order valence-corrected chi connectivity index (χ1v) is 10.0. The molecular formula is C20H32N4O. The monoisotopic (exact) mass is 344 g/mol. The topological polar surface area (TPSA) is 48.5 Å². The van der Waals surface area contributed by atoms with E-state index in [-0.39, 0.29) is 5.91 Å². The van der Waals surface area contributed by atoms with Crippen molar-refractivity contribution < 1.29 is 4.79 Å². The molecule has 1 aromatic rings. The molecule has 2 fully saturated rings. The van der Waals surface area contributed by atoms with E-state index in [4.69, 9.17) is 0 Å². The van der Waals surface area contributed by atoms with Crippen LogP contribution in [0.2, 0.25) is 0 Å². The van der Waals surface area contributed by atoms with E-state index in [2.05, 4.69) is 22.1 Å². The Bertz CT molecular complexity index is 539. The minimum absolute atomic E-state index is 0.125. The van der Waals surface area contributed by atoms with Gasteiger partial charge in [0.15, 0.2) is 0 Å². The third kappa shape index (κ3) is 4.94. The maximum atomic E-state index is 12.8. The molecule has 0 radical (unpaired) electrons. The second-order valence-corrected chi connectivity index (χ2v) is 7.33. The van der Waals surface area contributed by atoms with Crippen molar-refractivity contribution in [1.82, 2.24) is 14.8 Å². The summed E-state index contributed by atoms with van der Waals surface area (Å²) in [5.41, 5.74) is 0.702. The minimum atomic E-state index is 0.125. The largest absolute Gasteiger partial charge is 0.370 e. The van der Waals surface area contributed by atoms with Gasteiger partial charge in [0.05, 0.1) is 5.56 Å². The quantitative estimate of drug-likeness (QED) is 0.889. The van der Waals surface area contributed by atoms with Gasteiger partial charge in [-0.3, -0.25) is 9.69 Å². The fourth-order valence-corrected chi connectivity index (χ4v) is 4.01. The van der Waals surface area contributed by atoms with Crippen molar-refractivity contribution >= 4 is 11.7 Å². The molecule has 0 atom stereocenters. The van der Waals surface area contributed by atoms with Gasteiger partial charge in [-0.05, 0) is 37.8 Å². The van der Waals surface area contributed by atoms with Gasteiger partial charge in [-0.2, -0.15) is 0 Å². The number of hydrogen-bond acceptors (Lipinski definition) is 4. The molecule has 3 rings (SSSR count). The zero-order valence-electron chi connectivity index (χ0n) is 15.5. The highest BCUT2D eigenvalue weighted by atomic mass is 16.2. The molecule has 1 saturated heterocycles. The predicted molar refractivity (Wildman–Crippen MR) is 102 cm³/mol. The Hall–Kier alpha value is -1.62. The van der Waals surface area contributed by atoms with Crippen LogP contribution in [0, 0.1) is 0 Å². The third-order valence-corrected chi connectivity index (χ3v) is 5.48. The van der Waals surface area contributed by atoms with Gasteiger partial charge in [-0.1, -0.05) is 26.2 Å². The lowest BCUT2D eigenvalue weighted by atomic mass is 9.94. The van der Waals surface area contributed by atoms with Gasteiger partial charge in [0.25, 0.3) is 5.91 Å². The van der Waals surface area contributed by atoms with Gasteiger partial charge < -0.3 is 10.2 Å². The van der Waals surface area contributed by atoms with Crippen LogP contribution in [-0.4, -0.2) is 59.5 Å². The van der Waals surface area contributed by atoms with Crippen LogP contribution >= 0.6 is 0 Å². The molecule has 0 aromatic carbocycles. The lowest BCUT2D eigenvalue weighted by molar-refractivity contribution is 0.0754. The van der Waals surface area contributed by atoms with Gasteiger partial charge in [-0.25, -0.2) is 4.98 Å². The Balaban J connectivity index is 1.55. The molecule has 1 aromatic heterocycles. The molecule has 2 aliphatic rings. The van der Waals surface area contributed by atoms with Crippen molar-refractivity contribution in [3.8, 4) is 0 Å². The third-order valence-electron chi connectivity index (χ3n) is 5.48. The Labute approximate surface area is 151 Å². The number of anilines is 1. The molecule has 5 heteroatoms. The highest BCUT2D eigenvalue weighted by Gasteiger charge is 2.25. The van der Waals surface area contributed by atoms with Crippen LogP contribution in [0.1, 0.15) is 62.2 Å². The van der Waals surface area contributed by atoms with E-state index < -0.39 is 0 Å². The maximum absolute atomic E-state index is 12.8. The van der Waals surface area contributed by atoms with Crippen molar-refractivity contribution in [2.75, 3.05) is 38.0 Å². The summed E-state index contributed by atoms with van der Waals surface area (Å²) in [5.74, 6) is 0.970. The average molecular weight is 345 g/mol. The first-order chi connectivity index (χ1) is 12.3. The van der Waals surface area contributed by atoms with Gasteiger partial charge in [0.1, 0.15) is 5.82 Å². The predicted octanol–water partition coefficient (Wildman–Crippen LogP) is 3.38. The SMILES string of the molecule is CCCNc1ccc(C(=O)N2CCCN(C3CCCCC3)CC2)cn1. The number of carbonyl (C=O) groups is 1. The van der Waals surface area contributed by atoms with E-state index >= 15 is 0 Å². The normalized spacial score (nSPS) is 20.3. The van der Waals surface area contributed by atoms with E-state index in [1.807, 2.05) is 17.0 Å². The van der Waals surface area contributed by atoms with Crippen LogP contribution in [0.25, 0.3) is 0 Å². The molecule has 0 spiro atoms. The number of pyridine rings is 1. The Morgan fingerprint density at radius 2 is 1.96 bits per heavy atom. The number of amides is 1. The molecule has 5 nitrogen and oxygen atoms in total. The summed E-state index contributed by atoms with van der Waals surface area (Å²) < 4.78 is 0. The first-order valence-electron chi connectivity index (χ1n) is 10.0. The molecule has 1 saturated carbocycles. The Kier molecular flexibility index (Phi) is 6.68. The van der Waals surface area contributed by atoms with Gasteiger partial charge in [-0.15, -0.1) is 0 Å². The summed E-state index contributed by atoms with van der Waals surface area (Å²) in [4.78, 5) is 21.8. The van der Waals surface area contributed by atoms with Gasteiger partial charge in [0, 0.05) is 45.0 Å². The van der Waals surface area contributed by atoms with Gasteiger partial charge >= 0.3 is 0 Å². The molecule has 25 heavy (non-hydrogen) atoms. The Morgan fingerprint density at radius 1 is 1.12 bits per heavy atom. The van der Waals surface area contributed by atoms with Crippen LogP contribution in [0.3, 0.4) is 0 Å². The summed E-state index contributed by atoms with van der Waals surface area (Å²) in [6.45, 7) is 6.87. The summed E-state index contributed by atoms with van der Waals surface area (Å²) in [6, 6.07) is 4.56. The van der Waals surface area contributed by atoms with E-state index in [1.165, 1.54) is 32.1 Å². The number of carbonyl (C=O) groups excluding carboxylic acids is 1. The van der Waals surface area contributed by atoms with E-state index in [9.17, 15) is 4.79 Å². The molecule has 1 aliphatic heterocycles. The van der Waals surface area contributed by atoms with Crippen molar-refractivity contribution in [2.45, 2.75) is 57.9 Å². The highest BCUT2D eigenvalue weighted by Crippen LogP contribution is 2.23. The lowest BCUT2D eigenvalue weighted by Gasteiger charge is -2.33. The second kappa shape index (κ2) is 9.18. The molecular weight excluding hydrogens is 312 g/mol. The number of rotatable bonds is 5. The van der Waals surface area contributed by atoms with Gasteiger partial charge in [0.2, 0.25) is 0 Å². The molecule has 0 unspecified atom stereocenters. The molecule has 138 valence electrons. The van der Waals surface area contributed by atoms with Crippen molar-refractivity contribution in [3.05, 3.63) is 23.9 Å². The number of hydrogen-bond donors (Lipinski definition) is 1. The zero-order valence-corrected chi connectivity index (χ0v) is 15.5. The van der Waals surface area contributed by atoms with Crippen molar-refractivity contribution in [2.24, 2.45) is 0 Å². The van der Waals surface area contributed by atoms with Crippen LogP contribution in [0.4, 0.5) is 5.82 Å². The molecule has 0 bridgehead atoms. The number of nitrogens with zero attached hydrogens (tertiary/aromatic N) is 3. The second-order valence-electron chi connectivity index (χ2n) is 7.33. The minimum Gasteiger partial charge on any atom is -0.370 e. The van der Waals surface area contributed by atoms with E-state index in [1.54, 1.807) is 6.20 Å². The summed E-state index contributed by atoms with van der Waals surface area (Å²) in [7, 11) is 0. The summed E-state index contributed by atoms with van der Waals surface area (Å²) >= 11 is 0. The van der Waals surface area contributed by atoms with E-state index in [0.717, 1.165) is 57.4 Å². The van der Waals surface area contributed by atoms with Crippen LogP contribution in [0.15, 0.2) is 18.3 Å². The average Bonchev–Trinajstić information content (AvgIpc) is 2.93. The fourth-order valence-electron chi connectivity index (χ4n) is 4.01. The molecule has 1 N–H and O–H groups in total. The standard InChI is InChI=1S/C20H32N4O/c1-2-11-21-19-10-9-17(16-22-19)20(25)24-13-6-12-23(14-15-24)18-7-4-3-5-8-18/h9-10,16,18H,2-8,11-15H2,1H3,(H,21,22). The fraction of sp³-hybridized carbons (Fsp3) is 0.700. The number of nitrogens with one attached hydrogen (secondary N) is 1. The first kappa shape index (κ1) is 18.2. The summed E-state index contributed by atoms with van der Waals surface area (Å²) in [5, 5.41) is 3.25. The maximum Gasteiger partial charge on any atom is 0.255 e. The Morgan fingerprint density at radius 3 is 2.68 bits per heavy atom. The van der Waals surface area contributed by atoms with Crippen LogP contribution in [0.5, 0.6) is 0 Å². The van der Waals surface area contributed by atoms with Crippen molar-refractivity contribution in [3.63, 3.8) is 0 Å². The smallest absolute Gasteiger partial charge is 0.255 e. The molecule has 1 amide bonds. The lowest BCUT2D eigenvalue weighted by Crippen LogP contribution is -2.40. The van der Waals surface area contributed by atoms with Crippen molar-refractivity contribution in [1.29, 1.82) is 0 Å².